The maximum absolute atomic E-state index is 11.6. The van der Waals surface area contributed by atoms with E-state index in [0.29, 0.717) is 18.5 Å². The van der Waals surface area contributed by atoms with Crippen molar-refractivity contribution in [2.75, 3.05) is 6.54 Å². The predicted octanol–water partition coefficient (Wildman–Crippen LogP) is 1.93. The summed E-state index contributed by atoms with van der Waals surface area (Å²) in [6, 6.07) is 0.812. The third-order valence-corrected chi connectivity index (χ3v) is 3.63. The Bertz CT molecular complexity index is 228. The van der Waals surface area contributed by atoms with Crippen LogP contribution >= 0.6 is 0 Å². The molecule has 1 fully saturated rings. The van der Waals surface area contributed by atoms with E-state index < -0.39 is 0 Å². The Kier molecular flexibility index (Phi) is 5.26. The molecule has 3 unspecified atom stereocenters. The molecule has 0 bridgehead atoms. The molecule has 3 heteroatoms. The summed E-state index contributed by atoms with van der Waals surface area (Å²) < 4.78 is 0. The number of carbonyl (C=O) groups excluding carboxylic acids is 1. The first kappa shape index (κ1) is 13.5. The van der Waals surface area contributed by atoms with Gasteiger partial charge in [-0.25, -0.2) is 0 Å². The molecule has 1 rings (SSSR count). The molecule has 1 aliphatic rings. The van der Waals surface area contributed by atoms with E-state index >= 15 is 0 Å². The van der Waals surface area contributed by atoms with Crippen molar-refractivity contribution in [2.45, 2.75) is 59.0 Å². The fourth-order valence-electron chi connectivity index (χ4n) is 2.10. The van der Waals surface area contributed by atoms with Crippen molar-refractivity contribution < 1.29 is 4.79 Å². The lowest BCUT2D eigenvalue weighted by Gasteiger charge is -2.18. The van der Waals surface area contributed by atoms with Gasteiger partial charge < -0.3 is 10.6 Å². The summed E-state index contributed by atoms with van der Waals surface area (Å²) in [6.45, 7) is 9.05. The van der Waals surface area contributed by atoms with Gasteiger partial charge in [0.25, 0.3) is 0 Å². The van der Waals surface area contributed by atoms with Crippen molar-refractivity contribution in [3.63, 3.8) is 0 Å². The summed E-state index contributed by atoms with van der Waals surface area (Å²) in [5.41, 5.74) is 0. The van der Waals surface area contributed by atoms with E-state index in [9.17, 15) is 4.79 Å². The van der Waals surface area contributed by atoms with Crippen molar-refractivity contribution in [1.29, 1.82) is 0 Å². The van der Waals surface area contributed by atoms with Gasteiger partial charge in [-0.2, -0.15) is 0 Å². The van der Waals surface area contributed by atoms with Crippen LogP contribution in [0.25, 0.3) is 0 Å². The molecule has 0 aliphatic heterocycles. The standard InChI is InChI=1S/C13H26N2O/c1-9(2)11(4)15-13(16)8-14-12-6-5-10(3)7-12/h9-12,14H,5-8H2,1-4H3,(H,15,16). The second-order valence-corrected chi connectivity index (χ2v) is 5.60. The minimum Gasteiger partial charge on any atom is -0.352 e. The highest BCUT2D eigenvalue weighted by Crippen LogP contribution is 2.24. The second-order valence-electron chi connectivity index (χ2n) is 5.60. The van der Waals surface area contributed by atoms with Crippen molar-refractivity contribution in [2.24, 2.45) is 11.8 Å². The summed E-state index contributed by atoms with van der Waals surface area (Å²) in [4.78, 5) is 11.6. The zero-order valence-electron chi connectivity index (χ0n) is 11.0. The van der Waals surface area contributed by atoms with Crippen LogP contribution in [0.2, 0.25) is 0 Å². The van der Waals surface area contributed by atoms with E-state index in [2.05, 4.69) is 38.3 Å². The van der Waals surface area contributed by atoms with Crippen LogP contribution in [0.1, 0.15) is 47.0 Å². The van der Waals surface area contributed by atoms with Gasteiger partial charge in [-0.05, 0) is 38.0 Å². The summed E-state index contributed by atoms with van der Waals surface area (Å²) in [6.07, 6.45) is 3.73. The minimum atomic E-state index is 0.126. The summed E-state index contributed by atoms with van der Waals surface area (Å²) in [7, 11) is 0. The van der Waals surface area contributed by atoms with Gasteiger partial charge in [-0.15, -0.1) is 0 Å². The first-order valence-corrected chi connectivity index (χ1v) is 6.51. The van der Waals surface area contributed by atoms with Gasteiger partial charge in [0.05, 0.1) is 6.54 Å². The van der Waals surface area contributed by atoms with Crippen LogP contribution in [0, 0.1) is 11.8 Å². The second kappa shape index (κ2) is 6.24. The molecule has 1 saturated carbocycles. The van der Waals surface area contributed by atoms with Gasteiger partial charge in [-0.1, -0.05) is 20.8 Å². The first-order chi connectivity index (χ1) is 7.49. The van der Waals surface area contributed by atoms with Crippen molar-refractivity contribution >= 4 is 5.91 Å². The Morgan fingerprint density at radius 1 is 1.31 bits per heavy atom. The average Bonchev–Trinajstić information content (AvgIpc) is 2.61. The highest BCUT2D eigenvalue weighted by Gasteiger charge is 2.21. The monoisotopic (exact) mass is 226 g/mol. The molecular weight excluding hydrogens is 200 g/mol. The summed E-state index contributed by atoms with van der Waals surface area (Å²) >= 11 is 0. The molecule has 0 radical (unpaired) electrons. The number of carbonyl (C=O) groups is 1. The average molecular weight is 226 g/mol. The van der Waals surface area contributed by atoms with Crippen LogP contribution in [0.4, 0.5) is 0 Å². The minimum absolute atomic E-state index is 0.126. The van der Waals surface area contributed by atoms with E-state index in [4.69, 9.17) is 0 Å². The van der Waals surface area contributed by atoms with E-state index in [1.54, 1.807) is 0 Å². The van der Waals surface area contributed by atoms with E-state index in [-0.39, 0.29) is 11.9 Å². The highest BCUT2D eigenvalue weighted by atomic mass is 16.1. The van der Waals surface area contributed by atoms with E-state index in [1.165, 1.54) is 19.3 Å². The summed E-state index contributed by atoms with van der Waals surface area (Å²) in [5.74, 6) is 1.44. The Morgan fingerprint density at radius 3 is 2.50 bits per heavy atom. The molecule has 0 spiro atoms. The summed E-state index contributed by atoms with van der Waals surface area (Å²) in [5, 5.41) is 6.36. The molecule has 0 saturated heterocycles. The zero-order chi connectivity index (χ0) is 12.1. The lowest BCUT2D eigenvalue weighted by atomic mass is 10.1. The first-order valence-electron chi connectivity index (χ1n) is 6.51. The quantitative estimate of drug-likeness (QED) is 0.752. The number of hydrogen-bond donors (Lipinski definition) is 2. The Hall–Kier alpha value is -0.570. The maximum atomic E-state index is 11.6. The molecule has 3 nitrogen and oxygen atoms in total. The molecule has 0 aromatic carbocycles. The van der Waals surface area contributed by atoms with E-state index in [1.807, 2.05) is 0 Å². The van der Waals surface area contributed by atoms with Gasteiger partial charge >= 0.3 is 0 Å². The predicted molar refractivity (Wildman–Crippen MR) is 67.2 cm³/mol. The molecule has 0 heterocycles. The topological polar surface area (TPSA) is 41.1 Å². The third-order valence-electron chi connectivity index (χ3n) is 3.63. The van der Waals surface area contributed by atoms with Crippen molar-refractivity contribution in [1.82, 2.24) is 10.6 Å². The van der Waals surface area contributed by atoms with Gasteiger partial charge in [0, 0.05) is 12.1 Å². The van der Waals surface area contributed by atoms with Crippen molar-refractivity contribution in [3.8, 4) is 0 Å². The normalized spacial score (nSPS) is 27.1. The molecule has 0 aromatic rings. The number of nitrogens with one attached hydrogen (secondary N) is 2. The maximum Gasteiger partial charge on any atom is 0.234 e. The van der Waals surface area contributed by atoms with Crippen LogP contribution in [-0.4, -0.2) is 24.5 Å². The molecule has 3 atom stereocenters. The third kappa shape index (κ3) is 4.52. The SMILES string of the molecule is CC1CCC(NCC(=O)NC(C)C(C)C)C1. The van der Waals surface area contributed by atoms with Crippen molar-refractivity contribution in [3.05, 3.63) is 0 Å². The smallest absolute Gasteiger partial charge is 0.234 e. The lowest BCUT2D eigenvalue weighted by Crippen LogP contribution is -2.43. The van der Waals surface area contributed by atoms with Gasteiger partial charge in [0.1, 0.15) is 0 Å². The number of hydrogen-bond acceptors (Lipinski definition) is 2. The molecular formula is C13H26N2O. The molecule has 0 aromatic heterocycles. The molecule has 1 amide bonds. The fraction of sp³-hybridized carbons (Fsp3) is 0.923. The van der Waals surface area contributed by atoms with Crippen LogP contribution in [0.3, 0.4) is 0 Å². The van der Waals surface area contributed by atoms with Gasteiger partial charge in [0.15, 0.2) is 0 Å². The van der Waals surface area contributed by atoms with Crippen LogP contribution in [-0.2, 0) is 4.79 Å². The molecule has 2 N–H and O–H groups in total. The Morgan fingerprint density at radius 2 is 2.00 bits per heavy atom. The molecule has 16 heavy (non-hydrogen) atoms. The van der Waals surface area contributed by atoms with E-state index in [0.717, 1.165) is 5.92 Å². The number of rotatable bonds is 5. The Labute approximate surface area is 99.4 Å². The largest absolute Gasteiger partial charge is 0.352 e. The highest BCUT2D eigenvalue weighted by molar-refractivity contribution is 5.78. The number of amides is 1. The zero-order valence-corrected chi connectivity index (χ0v) is 11.0. The fourth-order valence-corrected chi connectivity index (χ4v) is 2.10. The van der Waals surface area contributed by atoms with Crippen LogP contribution < -0.4 is 10.6 Å². The molecule has 1 aliphatic carbocycles. The van der Waals surface area contributed by atoms with Gasteiger partial charge in [0.2, 0.25) is 5.91 Å². The lowest BCUT2D eigenvalue weighted by molar-refractivity contribution is -0.121. The Balaban J connectivity index is 2.15. The van der Waals surface area contributed by atoms with Crippen LogP contribution in [0.15, 0.2) is 0 Å². The van der Waals surface area contributed by atoms with Crippen LogP contribution in [0.5, 0.6) is 0 Å². The van der Waals surface area contributed by atoms with Gasteiger partial charge in [-0.3, -0.25) is 4.79 Å². The molecule has 94 valence electrons.